The lowest BCUT2D eigenvalue weighted by Crippen LogP contribution is -2.38. The van der Waals surface area contributed by atoms with Crippen LogP contribution in [0.3, 0.4) is 0 Å². The number of fused-ring (bicyclic) bond motifs is 1. The SMILES string of the molecule is COc1ccc2c(c1)CCOC2(C)C(C)=O. The molecule has 0 N–H and O–H groups in total. The summed E-state index contributed by atoms with van der Waals surface area (Å²) in [4.78, 5) is 11.7. The smallest absolute Gasteiger partial charge is 0.165 e. The van der Waals surface area contributed by atoms with Crippen molar-refractivity contribution in [3.05, 3.63) is 29.3 Å². The Morgan fingerprint density at radius 3 is 2.88 bits per heavy atom. The molecule has 1 aliphatic rings. The van der Waals surface area contributed by atoms with Gasteiger partial charge in [0.1, 0.15) is 11.4 Å². The first-order valence-corrected chi connectivity index (χ1v) is 5.40. The van der Waals surface area contributed by atoms with Crippen LogP contribution in [0.2, 0.25) is 0 Å². The predicted octanol–water partition coefficient (Wildman–Crippen LogP) is 2.07. The maximum atomic E-state index is 11.7. The molecule has 1 unspecified atom stereocenters. The van der Waals surface area contributed by atoms with Crippen molar-refractivity contribution in [2.24, 2.45) is 0 Å². The van der Waals surface area contributed by atoms with Gasteiger partial charge in [0.05, 0.1) is 13.7 Å². The van der Waals surface area contributed by atoms with Crippen molar-refractivity contribution in [2.45, 2.75) is 25.9 Å². The standard InChI is InChI=1S/C13H16O3/c1-9(14)13(2)12-5-4-11(15-3)8-10(12)6-7-16-13/h4-5,8H,6-7H2,1-3H3. The Balaban J connectivity index is 2.51. The second-order valence-corrected chi connectivity index (χ2v) is 4.21. The van der Waals surface area contributed by atoms with E-state index in [0.29, 0.717) is 6.61 Å². The van der Waals surface area contributed by atoms with Crippen molar-refractivity contribution in [2.75, 3.05) is 13.7 Å². The summed E-state index contributed by atoms with van der Waals surface area (Å²) in [6.45, 7) is 3.98. The minimum Gasteiger partial charge on any atom is -0.497 e. The van der Waals surface area contributed by atoms with Crippen molar-refractivity contribution in [3.8, 4) is 5.75 Å². The largest absolute Gasteiger partial charge is 0.497 e. The molecule has 0 aromatic heterocycles. The normalized spacial score (nSPS) is 23.7. The van der Waals surface area contributed by atoms with Gasteiger partial charge < -0.3 is 9.47 Å². The number of carbonyl (C=O) groups is 1. The van der Waals surface area contributed by atoms with E-state index in [4.69, 9.17) is 9.47 Å². The molecule has 0 saturated carbocycles. The third kappa shape index (κ3) is 1.61. The summed E-state index contributed by atoms with van der Waals surface area (Å²) >= 11 is 0. The van der Waals surface area contributed by atoms with E-state index < -0.39 is 5.60 Å². The fourth-order valence-electron chi connectivity index (χ4n) is 2.10. The fourth-order valence-corrected chi connectivity index (χ4v) is 2.10. The number of hydrogen-bond donors (Lipinski definition) is 0. The van der Waals surface area contributed by atoms with Gasteiger partial charge in [-0.3, -0.25) is 4.79 Å². The number of carbonyl (C=O) groups excluding carboxylic acids is 1. The van der Waals surface area contributed by atoms with Gasteiger partial charge in [-0.05, 0) is 43.5 Å². The Kier molecular flexibility index (Phi) is 2.72. The van der Waals surface area contributed by atoms with Crippen LogP contribution in [0.15, 0.2) is 18.2 Å². The lowest BCUT2D eigenvalue weighted by atomic mass is 9.85. The first-order valence-electron chi connectivity index (χ1n) is 5.40. The molecule has 3 nitrogen and oxygen atoms in total. The van der Waals surface area contributed by atoms with Crippen molar-refractivity contribution < 1.29 is 14.3 Å². The van der Waals surface area contributed by atoms with Crippen LogP contribution in [0.1, 0.15) is 25.0 Å². The zero-order chi connectivity index (χ0) is 11.8. The highest BCUT2D eigenvalue weighted by molar-refractivity contribution is 5.86. The zero-order valence-electron chi connectivity index (χ0n) is 9.87. The first-order chi connectivity index (χ1) is 7.58. The molecule has 0 fully saturated rings. The fraction of sp³-hybridized carbons (Fsp3) is 0.462. The quantitative estimate of drug-likeness (QED) is 0.765. The van der Waals surface area contributed by atoms with E-state index in [0.717, 1.165) is 23.3 Å². The molecule has 1 aromatic carbocycles. The third-order valence-electron chi connectivity index (χ3n) is 3.26. The van der Waals surface area contributed by atoms with Crippen LogP contribution in [-0.4, -0.2) is 19.5 Å². The van der Waals surface area contributed by atoms with Crippen molar-refractivity contribution >= 4 is 5.78 Å². The molecule has 3 heteroatoms. The maximum Gasteiger partial charge on any atom is 0.165 e. The van der Waals surface area contributed by atoms with Crippen LogP contribution < -0.4 is 4.74 Å². The average Bonchev–Trinajstić information content (AvgIpc) is 2.28. The van der Waals surface area contributed by atoms with E-state index in [-0.39, 0.29) is 5.78 Å². The highest BCUT2D eigenvalue weighted by Crippen LogP contribution is 2.35. The van der Waals surface area contributed by atoms with Crippen LogP contribution >= 0.6 is 0 Å². The van der Waals surface area contributed by atoms with Gasteiger partial charge in [-0.2, -0.15) is 0 Å². The monoisotopic (exact) mass is 220 g/mol. The number of ketones is 1. The van der Waals surface area contributed by atoms with Crippen LogP contribution in [-0.2, 0) is 21.6 Å². The molecule has 1 aliphatic heterocycles. The molecular weight excluding hydrogens is 204 g/mol. The van der Waals surface area contributed by atoms with E-state index in [1.165, 1.54) is 0 Å². The van der Waals surface area contributed by atoms with Crippen LogP contribution in [0.4, 0.5) is 0 Å². The van der Waals surface area contributed by atoms with Gasteiger partial charge in [0, 0.05) is 0 Å². The number of methoxy groups -OCH3 is 1. The lowest BCUT2D eigenvalue weighted by molar-refractivity contribution is -0.143. The molecule has 86 valence electrons. The van der Waals surface area contributed by atoms with E-state index in [1.54, 1.807) is 14.0 Å². The summed E-state index contributed by atoms with van der Waals surface area (Å²) in [5.41, 5.74) is 1.31. The maximum absolute atomic E-state index is 11.7. The topological polar surface area (TPSA) is 35.5 Å². The molecule has 1 aromatic rings. The van der Waals surface area contributed by atoms with E-state index in [1.807, 2.05) is 25.1 Å². The Labute approximate surface area is 95.4 Å². The minimum atomic E-state index is -0.792. The van der Waals surface area contributed by atoms with E-state index >= 15 is 0 Å². The number of hydrogen-bond acceptors (Lipinski definition) is 3. The molecule has 2 rings (SSSR count). The van der Waals surface area contributed by atoms with E-state index in [9.17, 15) is 4.79 Å². The molecule has 16 heavy (non-hydrogen) atoms. The number of benzene rings is 1. The Bertz CT molecular complexity index is 425. The summed E-state index contributed by atoms with van der Waals surface area (Å²) in [6.07, 6.45) is 0.829. The summed E-state index contributed by atoms with van der Waals surface area (Å²) in [5, 5.41) is 0. The highest BCUT2D eigenvalue weighted by Gasteiger charge is 2.37. The van der Waals surface area contributed by atoms with Crippen molar-refractivity contribution in [1.29, 1.82) is 0 Å². The highest BCUT2D eigenvalue weighted by atomic mass is 16.5. The Hall–Kier alpha value is -1.35. The molecule has 0 saturated heterocycles. The Morgan fingerprint density at radius 1 is 1.50 bits per heavy atom. The van der Waals surface area contributed by atoms with Gasteiger partial charge in [-0.15, -0.1) is 0 Å². The number of ether oxygens (including phenoxy) is 2. The molecule has 0 aliphatic carbocycles. The zero-order valence-corrected chi connectivity index (χ0v) is 9.87. The second kappa shape index (κ2) is 3.91. The molecule has 0 amide bonds. The van der Waals surface area contributed by atoms with Crippen LogP contribution in [0.5, 0.6) is 5.75 Å². The van der Waals surface area contributed by atoms with Crippen molar-refractivity contribution in [3.63, 3.8) is 0 Å². The van der Waals surface area contributed by atoms with Gasteiger partial charge in [0.15, 0.2) is 5.78 Å². The minimum absolute atomic E-state index is 0.0404. The number of rotatable bonds is 2. The average molecular weight is 220 g/mol. The molecule has 0 radical (unpaired) electrons. The van der Waals surface area contributed by atoms with Crippen molar-refractivity contribution in [1.82, 2.24) is 0 Å². The molecule has 1 atom stereocenters. The van der Waals surface area contributed by atoms with Gasteiger partial charge >= 0.3 is 0 Å². The van der Waals surface area contributed by atoms with Gasteiger partial charge in [0.25, 0.3) is 0 Å². The van der Waals surface area contributed by atoms with Gasteiger partial charge in [-0.1, -0.05) is 6.07 Å². The summed E-state index contributed by atoms with van der Waals surface area (Å²) in [5.74, 6) is 0.866. The molecular formula is C13H16O3. The summed E-state index contributed by atoms with van der Waals surface area (Å²) in [6, 6.07) is 5.78. The second-order valence-electron chi connectivity index (χ2n) is 4.21. The molecule has 0 spiro atoms. The van der Waals surface area contributed by atoms with Crippen LogP contribution in [0.25, 0.3) is 0 Å². The predicted molar refractivity (Wildman–Crippen MR) is 60.7 cm³/mol. The van der Waals surface area contributed by atoms with E-state index in [2.05, 4.69) is 0 Å². The summed E-state index contributed by atoms with van der Waals surface area (Å²) in [7, 11) is 1.64. The third-order valence-corrected chi connectivity index (χ3v) is 3.26. The number of Topliss-reactive ketones (excluding diaryl/α,β-unsaturated/α-hetero) is 1. The lowest BCUT2D eigenvalue weighted by Gasteiger charge is -2.34. The molecule has 0 bridgehead atoms. The van der Waals surface area contributed by atoms with Crippen LogP contribution in [0, 0.1) is 0 Å². The Morgan fingerprint density at radius 2 is 2.25 bits per heavy atom. The summed E-state index contributed by atoms with van der Waals surface area (Å²) < 4.78 is 10.8. The molecule has 1 heterocycles. The first kappa shape index (κ1) is 11.1. The van der Waals surface area contributed by atoms with Gasteiger partial charge in [-0.25, -0.2) is 0 Å². The van der Waals surface area contributed by atoms with Gasteiger partial charge in [0.2, 0.25) is 0 Å².